The lowest BCUT2D eigenvalue weighted by Gasteiger charge is -2.49. The van der Waals surface area contributed by atoms with Crippen molar-refractivity contribution in [1.29, 1.82) is 0 Å². The van der Waals surface area contributed by atoms with E-state index in [2.05, 4.69) is 19.2 Å². The molecule has 0 heterocycles. The Morgan fingerprint density at radius 3 is 2.44 bits per heavy atom. The highest BCUT2D eigenvalue weighted by Gasteiger charge is 2.46. The number of amides is 1. The lowest BCUT2D eigenvalue weighted by atomic mass is 9.62. The molecule has 0 saturated heterocycles. The van der Waals surface area contributed by atoms with Crippen molar-refractivity contribution in [3.05, 3.63) is 34.9 Å². The summed E-state index contributed by atoms with van der Waals surface area (Å²) in [6, 6.07) is 5.93. The number of nitrogens with two attached hydrogens (primary N) is 1. The van der Waals surface area contributed by atoms with Crippen LogP contribution in [0.25, 0.3) is 0 Å². The van der Waals surface area contributed by atoms with Gasteiger partial charge in [0.05, 0.1) is 19.1 Å². The summed E-state index contributed by atoms with van der Waals surface area (Å²) in [6.07, 6.45) is 10.6. The summed E-state index contributed by atoms with van der Waals surface area (Å²) in [7, 11) is 3.27. The zero-order valence-corrected chi connectivity index (χ0v) is 21.5. The molecule has 6 heteroatoms. The highest BCUT2D eigenvalue weighted by molar-refractivity contribution is 5.93. The fourth-order valence-corrected chi connectivity index (χ4v) is 6.58. The molecule has 1 fully saturated rings. The first-order valence-electron chi connectivity index (χ1n) is 13.2. The van der Waals surface area contributed by atoms with Crippen LogP contribution >= 0.6 is 0 Å². The maximum atomic E-state index is 12.6. The number of esters is 1. The zero-order valence-electron chi connectivity index (χ0n) is 21.5. The largest absolute Gasteiger partial charge is 0.469 e. The fraction of sp³-hybridized carbons (Fsp3) is 0.714. The minimum Gasteiger partial charge on any atom is -0.469 e. The number of carbonyl (C=O) groups excluding carboxylic acids is 2. The van der Waals surface area contributed by atoms with Crippen molar-refractivity contribution < 1.29 is 19.1 Å². The number of nitrogens with one attached hydrogen (secondary N) is 1. The predicted molar refractivity (Wildman–Crippen MR) is 135 cm³/mol. The quantitative estimate of drug-likeness (QED) is 0.462. The second-order valence-electron chi connectivity index (χ2n) is 10.3. The van der Waals surface area contributed by atoms with E-state index in [1.165, 1.54) is 50.3 Å². The molecule has 0 bridgehead atoms. The monoisotopic (exact) mass is 472 g/mol. The van der Waals surface area contributed by atoms with Gasteiger partial charge in [0.25, 0.3) is 0 Å². The number of rotatable bonds is 11. The lowest BCUT2D eigenvalue weighted by molar-refractivity contribution is -0.146. The SMILES string of the molecule is CCC1(CC)c2cc(C(N)=O)ccc2CC(OC)C1NCCC(CC1CCCCC1)C(=O)OC. The van der Waals surface area contributed by atoms with Crippen LogP contribution in [0.15, 0.2) is 18.2 Å². The molecule has 0 spiro atoms. The molecule has 34 heavy (non-hydrogen) atoms. The maximum Gasteiger partial charge on any atom is 0.308 e. The van der Waals surface area contributed by atoms with Gasteiger partial charge in [0.15, 0.2) is 0 Å². The standard InChI is InChI=1S/C28H44N2O4/c1-5-28(6-2)23-17-21(26(29)31)13-12-20(23)18-24(33-3)25(28)30-15-14-22(27(32)34-4)16-19-10-8-7-9-11-19/h12-13,17,19,22,24-25,30H,5-11,14-16,18H2,1-4H3,(H2,29,31). The van der Waals surface area contributed by atoms with Gasteiger partial charge in [0, 0.05) is 30.6 Å². The second kappa shape index (κ2) is 12.2. The highest BCUT2D eigenvalue weighted by atomic mass is 16.5. The molecule has 190 valence electrons. The summed E-state index contributed by atoms with van der Waals surface area (Å²) in [6.45, 7) is 5.14. The molecule has 3 rings (SSSR count). The summed E-state index contributed by atoms with van der Waals surface area (Å²) in [5, 5.41) is 3.80. The van der Waals surface area contributed by atoms with Crippen molar-refractivity contribution in [3.63, 3.8) is 0 Å². The van der Waals surface area contributed by atoms with Gasteiger partial charge in [-0.25, -0.2) is 0 Å². The summed E-state index contributed by atoms with van der Waals surface area (Å²) >= 11 is 0. The van der Waals surface area contributed by atoms with E-state index in [0.29, 0.717) is 11.5 Å². The predicted octanol–water partition coefficient (Wildman–Crippen LogP) is 4.52. The Morgan fingerprint density at radius 2 is 1.85 bits per heavy atom. The van der Waals surface area contributed by atoms with Gasteiger partial charge in [0.1, 0.15) is 0 Å². The van der Waals surface area contributed by atoms with Gasteiger partial charge >= 0.3 is 5.97 Å². The molecule has 0 aromatic heterocycles. The maximum absolute atomic E-state index is 12.6. The number of primary amides is 1. The van der Waals surface area contributed by atoms with Crippen LogP contribution in [0.5, 0.6) is 0 Å². The van der Waals surface area contributed by atoms with Crippen LogP contribution in [0.2, 0.25) is 0 Å². The van der Waals surface area contributed by atoms with Gasteiger partial charge in [0.2, 0.25) is 5.91 Å². The van der Waals surface area contributed by atoms with Crippen molar-refractivity contribution in [2.45, 2.75) is 95.6 Å². The first-order chi connectivity index (χ1) is 16.4. The van der Waals surface area contributed by atoms with Crippen LogP contribution in [0.1, 0.15) is 93.1 Å². The van der Waals surface area contributed by atoms with Crippen LogP contribution in [-0.2, 0) is 26.1 Å². The molecular formula is C28H44N2O4. The number of carbonyl (C=O) groups is 2. The first-order valence-corrected chi connectivity index (χ1v) is 13.2. The molecule has 1 aromatic rings. The van der Waals surface area contributed by atoms with Crippen LogP contribution in [0.4, 0.5) is 0 Å². The molecule has 0 radical (unpaired) electrons. The van der Waals surface area contributed by atoms with E-state index in [1.807, 2.05) is 18.2 Å². The van der Waals surface area contributed by atoms with Crippen LogP contribution in [0, 0.1) is 11.8 Å². The minimum atomic E-state index is -0.397. The van der Waals surface area contributed by atoms with Gasteiger partial charge in [-0.3, -0.25) is 9.59 Å². The van der Waals surface area contributed by atoms with E-state index in [1.54, 1.807) is 7.11 Å². The smallest absolute Gasteiger partial charge is 0.308 e. The second-order valence-corrected chi connectivity index (χ2v) is 10.3. The van der Waals surface area contributed by atoms with Crippen LogP contribution < -0.4 is 11.1 Å². The van der Waals surface area contributed by atoms with Crippen molar-refractivity contribution in [1.82, 2.24) is 5.32 Å². The van der Waals surface area contributed by atoms with E-state index in [-0.39, 0.29) is 29.4 Å². The van der Waals surface area contributed by atoms with Gasteiger partial charge in [-0.1, -0.05) is 52.0 Å². The Balaban J connectivity index is 1.79. The highest BCUT2D eigenvalue weighted by Crippen LogP contribution is 2.44. The number of methoxy groups -OCH3 is 2. The average Bonchev–Trinajstić information content (AvgIpc) is 2.87. The average molecular weight is 473 g/mol. The summed E-state index contributed by atoms with van der Waals surface area (Å²) in [5.41, 5.74) is 8.42. The molecule has 3 atom stereocenters. The molecule has 0 aliphatic heterocycles. The lowest BCUT2D eigenvalue weighted by Crippen LogP contribution is -2.59. The van der Waals surface area contributed by atoms with E-state index < -0.39 is 5.91 Å². The number of fused-ring (bicyclic) bond motifs is 1. The number of benzene rings is 1. The van der Waals surface area contributed by atoms with Crippen molar-refractivity contribution in [3.8, 4) is 0 Å². The van der Waals surface area contributed by atoms with Gasteiger partial charge in [-0.15, -0.1) is 0 Å². The van der Waals surface area contributed by atoms with E-state index >= 15 is 0 Å². The van der Waals surface area contributed by atoms with Crippen LogP contribution in [0.3, 0.4) is 0 Å². The zero-order chi connectivity index (χ0) is 24.7. The summed E-state index contributed by atoms with van der Waals surface area (Å²) in [5.74, 6) is 0.0687. The molecule has 6 nitrogen and oxygen atoms in total. The van der Waals surface area contributed by atoms with E-state index in [0.717, 1.165) is 38.6 Å². The normalized spacial score (nSPS) is 23.2. The number of ether oxygens (including phenoxy) is 2. The number of hydrogen-bond acceptors (Lipinski definition) is 5. The van der Waals surface area contributed by atoms with Gasteiger partial charge in [-0.05, 0) is 61.4 Å². The van der Waals surface area contributed by atoms with E-state index in [4.69, 9.17) is 15.2 Å². The molecule has 2 aliphatic carbocycles. The Hall–Kier alpha value is -1.92. The Bertz CT molecular complexity index is 830. The molecule has 3 N–H and O–H groups in total. The molecule has 2 aliphatic rings. The topological polar surface area (TPSA) is 90.7 Å². The Morgan fingerprint density at radius 1 is 1.15 bits per heavy atom. The van der Waals surface area contributed by atoms with Gasteiger partial charge in [-0.2, -0.15) is 0 Å². The minimum absolute atomic E-state index is 0.0155. The molecular weight excluding hydrogens is 428 g/mol. The third-order valence-corrected chi connectivity index (χ3v) is 8.62. The summed E-state index contributed by atoms with van der Waals surface area (Å²) in [4.78, 5) is 24.5. The molecule has 1 amide bonds. The molecule has 1 aromatic carbocycles. The van der Waals surface area contributed by atoms with Gasteiger partial charge < -0.3 is 20.5 Å². The third-order valence-electron chi connectivity index (χ3n) is 8.62. The summed E-state index contributed by atoms with van der Waals surface area (Å²) < 4.78 is 11.2. The third kappa shape index (κ3) is 5.65. The Labute approximate surface area is 205 Å². The molecule has 1 saturated carbocycles. The number of hydrogen-bond donors (Lipinski definition) is 2. The molecule has 3 unspecified atom stereocenters. The van der Waals surface area contributed by atoms with Crippen LogP contribution in [-0.4, -0.2) is 44.8 Å². The fourth-order valence-electron chi connectivity index (χ4n) is 6.58. The first kappa shape index (κ1) is 26.7. The van der Waals surface area contributed by atoms with Crippen molar-refractivity contribution in [2.75, 3.05) is 20.8 Å². The Kier molecular flexibility index (Phi) is 9.55. The van der Waals surface area contributed by atoms with E-state index in [9.17, 15) is 9.59 Å². The van der Waals surface area contributed by atoms with Crippen molar-refractivity contribution in [2.24, 2.45) is 17.6 Å². The van der Waals surface area contributed by atoms with Crippen molar-refractivity contribution >= 4 is 11.9 Å².